The Morgan fingerprint density at radius 2 is 1.95 bits per heavy atom. The highest BCUT2D eigenvalue weighted by Gasteiger charge is 2.16. The Bertz CT molecular complexity index is 623. The predicted molar refractivity (Wildman–Crippen MR) is 80.9 cm³/mol. The van der Waals surface area contributed by atoms with E-state index in [1.807, 2.05) is 19.1 Å². The third-order valence-corrected chi connectivity index (χ3v) is 3.79. The standard InChI is InChI=1S/C14H10Br2FNO/c1-8-5-6-9(15)7-12(8)18-14(19)13-10(16)3-2-4-11(13)17/h2-7H,1H3,(H,18,19). The van der Waals surface area contributed by atoms with Crippen LogP contribution in [0.5, 0.6) is 0 Å². The number of aryl methyl sites for hydroxylation is 1. The molecule has 19 heavy (non-hydrogen) atoms. The third-order valence-electron chi connectivity index (χ3n) is 2.64. The lowest BCUT2D eigenvalue weighted by atomic mass is 10.1. The van der Waals surface area contributed by atoms with Gasteiger partial charge in [0.2, 0.25) is 0 Å². The maximum atomic E-state index is 13.7. The molecule has 5 heteroatoms. The van der Waals surface area contributed by atoms with E-state index in [2.05, 4.69) is 37.2 Å². The summed E-state index contributed by atoms with van der Waals surface area (Å²) in [6.45, 7) is 1.87. The first-order chi connectivity index (χ1) is 8.99. The lowest BCUT2D eigenvalue weighted by Crippen LogP contribution is -2.15. The number of rotatable bonds is 2. The summed E-state index contributed by atoms with van der Waals surface area (Å²) in [5.41, 5.74) is 1.56. The normalized spacial score (nSPS) is 10.3. The molecule has 0 fully saturated rings. The van der Waals surface area contributed by atoms with Gasteiger partial charge >= 0.3 is 0 Å². The molecule has 0 bridgehead atoms. The first kappa shape index (κ1) is 14.2. The molecule has 0 saturated carbocycles. The second-order valence-corrected chi connectivity index (χ2v) is 5.78. The number of hydrogen-bond donors (Lipinski definition) is 1. The molecule has 0 atom stereocenters. The number of halogens is 3. The largest absolute Gasteiger partial charge is 0.322 e. The molecule has 0 aliphatic carbocycles. The maximum absolute atomic E-state index is 13.7. The number of anilines is 1. The molecule has 1 N–H and O–H groups in total. The SMILES string of the molecule is Cc1ccc(Br)cc1NC(=O)c1c(F)cccc1Br. The zero-order valence-electron chi connectivity index (χ0n) is 10.0. The van der Waals surface area contributed by atoms with Crippen molar-refractivity contribution < 1.29 is 9.18 Å². The van der Waals surface area contributed by atoms with E-state index < -0.39 is 11.7 Å². The summed E-state index contributed by atoms with van der Waals surface area (Å²) < 4.78 is 15.0. The summed E-state index contributed by atoms with van der Waals surface area (Å²) in [4.78, 5) is 12.1. The fraction of sp³-hybridized carbons (Fsp3) is 0.0714. The quantitative estimate of drug-likeness (QED) is 0.780. The van der Waals surface area contributed by atoms with E-state index in [1.165, 1.54) is 6.07 Å². The number of nitrogens with one attached hydrogen (secondary N) is 1. The molecule has 2 nitrogen and oxygen atoms in total. The lowest BCUT2D eigenvalue weighted by Gasteiger charge is -2.10. The highest BCUT2D eigenvalue weighted by atomic mass is 79.9. The van der Waals surface area contributed by atoms with Gasteiger partial charge in [-0.1, -0.05) is 28.1 Å². The van der Waals surface area contributed by atoms with Gasteiger partial charge < -0.3 is 5.32 Å². The van der Waals surface area contributed by atoms with Crippen LogP contribution in [0.1, 0.15) is 15.9 Å². The molecule has 0 heterocycles. The van der Waals surface area contributed by atoms with Gasteiger partial charge in [0.1, 0.15) is 5.82 Å². The zero-order valence-corrected chi connectivity index (χ0v) is 13.2. The lowest BCUT2D eigenvalue weighted by molar-refractivity contribution is 0.102. The molecule has 98 valence electrons. The van der Waals surface area contributed by atoms with Crippen LogP contribution in [0, 0.1) is 12.7 Å². The minimum atomic E-state index is -0.556. The Kier molecular flexibility index (Phi) is 4.37. The van der Waals surface area contributed by atoms with Gasteiger partial charge in [-0.25, -0.2) is 4.39 Å². The number of carbonyl (C=O) groups is 1. The second kappa shape index (κ2) is 5.84. The molecule has 2 rings (SSSR count). The van der Waals surface area contributed by atoms with Crippen molar-refractivity contribution in [1.29, 1.82) is 0 Å². The van der Waals surface area contributed by atoms with Crippen molar-refractivity contribution in [2.45, 2.75) is 6.92 Å². The summed E-state index contributed by atoms with van der Waals surface area (Å²) in [5.74, 6) is -1.04. The van der Waals surface area contributed by atoms with Gasteiger partial charge in [0.25, 0.3) is 5.91 Å². The van der Waals surface area contributed by atoms with Crippen LogP contribution in [-0.4, -0.2) is 5.91 Å². The molecule has 0 unspecified atom stereocenters. The van der Waals surface area contributed by atoms with E-state index >= 15 is 0 Å². The van der Waals surface area contributed by atoms with E-state index in [9.17, 15) is 9.18 Å². The van der Waals surface area contributed by atoms with Crippen LogP contribution < -0.4 is 5.32 Å². The minimum Gasteiger partial charge on any atom is -0.322 e. The molecule has 0 saturated heterocycles. The van der Waals surface area contributed by atoms with Crippen LogP contribution in [-0.2, 0) is 0 Å². The first-order valence-electron chi connectivity index (χ1n) is 5.50. The molecule has 2 aromatic carbocycles. The second-order valence-electron chi connectivity index (χ2n) is 4.01. The average Bonchev–Trinajstić information content (AvgIpc) is 2.33. The fourth-order valence-corrected chi connectivity index (χ4v) is 2.51. The number of carbonyl (C=O) groups excluding carboxylic acids is 1. The fourth-order valence-electron chi connectivity index (χ4n) is 1.63. The van der Waals surface area contributed by atoms with E-state index in [0.717, 1.165) is 10.0 Å². The van der Waals surface area contributed by atoms with Crippen LogP contribution in [0.2, 0.25) is 0 Å². The molecule has 0 radical (unpaired) electrons. The molecule has 0 aromatic heterocycles. The van der Waals surface area contributed by atoms with Crippen molar-refractivity contribution >= 4 is 43.5 Å². The van der Waals surface area contributed by atoms with Gasteiger partial charge in [0, 0.05) is 14.6 Å². The van der Waals surface area contributed by atoms with Gasteiger partial charge in [0.05, 0.1) is 5.56 Å². The Hall–Kier alpha value is -1.20. The summed E-state index contributed by atoms with van der Waals surface area (Å²) in [6.07, 6.45) is 0. The Labute approximate surface area is 127 Å². The van der Waals surface area contributed by atoms with Gasteiger partial charge in [-0.05, 0) is 52.7 Å². The Morgan fingerprint density at radius 1 is 1.21 bits per heavy atom. The van der Waals surface area contributed by atoms with Gasteiger partial charge in [0.15, 0.2) is 0 Å². The van der Waals surface area contributed by atoms with Crippen molar-refractivity contribution in [3.8, 4) is 0 Å². The van der Waals surface area contributed by atoms with Gasteiger partial charge in [-0.3, -0.25) is 4.79 Å². The molecule has 0 aliphatic heterocycles. The molecule has 1 amide bonds. The highest BCUT2D eigenvalue weighted by Crippen LogP contribution is 2.24. The van der Waals surface area contributed by atoms with Gasteiger partial charge in [-0.2, -0.15) is 0 Å². The molecule has 0 spiro atoms. The van der Waals surface area contributed by atoms with Crippen molar-refractivity contribution in [3.63, 3.8) is 0 Å². The van der Waals surface area contributed by atoms with E-state index in [0.29, 0.717) is 10.2 Å². The predicted octanol–water partition coefficient (Wildman–Crippen LogP) is 4.91. The topological polar surface area (TPSA) is 29.1 Å². The average molecular weight is 387 g/mol. The summed E-state index contributed by atoms with van der Waals surface area (Å²) in [5, 5.41) is 2.71. The molecule has 2 aromatic rings. The van der Waals surface area contributed by atoms with Crippen LogP contribution in [0.4, 0.5) is 10.1 Å². The summed E-state index contributed by atoms with van der Waals surface area (Å²) in [7, 11) is 0. The maximum Gasteiger partial charge on any atom is 0.259 e. The van der Waals surface area contributed by atoms with Crippen LogP contribution in [0.25, 0.3) is 0 Å². The Morgan fingerprint density at radius 3 is 2.63 bits per heavy atom. The van der Waals surface area contributed by atoms with Crippen molar-refractivity contribution in [1.82, 2.24) is 0 Å². The van der Waals surface area contributed by atoms with E-state index in [1.54, 1.807) is 18.2 Å². The molecular weight excluding hydrogens is 377 g/mol. The third kappa shape index (κ3) is 3.22. The summed E-state index contributed by atoms with van der Waals surface area (Å²) >= 11 is 6.52. The minimum absolute atomic E-state index is 0.00174. The molecular formula is C14H10Br2FNO. The van der Waals surface area contributed by atoms with Crippen molar-refractivity contribution in [3.05, 3.63) is 62.3 Å². The number of hydrogen-bond acceptors (Lipinski definition) is 1. The number of benzene rings is 2. The Balaban J connectivity index is 2.34. The van der Waals surface area contributed by atoms with Crippen LogP contribution in [0.3, 0.4) is 0 Å². The number of amides is 1. The van der Waals surface area contributed by atoms with Crippen LogP contribution in [0.15, 0.2) is 45.3 Å². The highest BCUT2D eigenvalue weighted by molar-refractivity contribution is 9.10. The van der Waals surface area contributed by atoms with Gasteiger partial charge in [-0.15, -0.1) is 0 Å². The van der Waals surface area contributed by atoms with E-state index in [4.69, 9.17) is 0 Å². The smallest absolute Gasteiger partial charge is 0.259 e. The summed E-state index contributed by atoms with van der Waals surface area (Å²) in [6, 6.07) is 9.96. The van der Waals surface area contributed by atoms with Crippen molar-refractivity contribution in [2.75, 3.05) is 5.32 Å². The molecule has 0 aliphatic rings. The zero-order chi connectivity index (χ0) is 14.0. The first-order valence-corrected chi connectivity index (χ1v) is 7.09. The van der Waals surface area contributed by atoms with E-state index in [-0.39, 0.29) is 5.56 Å². The monoisotopic (exact) mass is 385 g/mol. The van der Waals surface area contributed by atoms with Crippen molar-refractivity contribution in [2.24, 2.45) is 0 Å². The van der Waals surface area contributed by atoms with Crippen LogP contribution >= 0.6 is 31.9 Å².